The van der Waals surface area contributed by atoms with Crippen molar-refractivity contribution in [1.29, 1.82) is 0 Å². The van der Waals surface area contributed by atoms with E-state index < -0.39 is 11.5 Å². The van der Waals surface area contributed by atoms with Gasteiger partial charge in [-0.1, -0.05) is 50.2 Å². The fraction of sp³-hybridized carbons (Fsp3) is 0.450. The molecule has 5 aliphatic rings. The zero-order chi connectivity index (χ0) is 52.9. The quantitative estimate of drug-likeness (QED) is 0.0693. The predicted molar refractivity (Wildman–Crippen MR) is 299 cm³/mol. The van der Waals surface area contributed by atoms with E-state index in [-0.39, 0.29) is 42.5 Å². The van der Waals surface area contributed by atoms with Gasteiger partial charge in [-0.3, -0.25) is 24.4 Å². The van der Waals surface area contributed by atoms with Gasteiger partial charge in [0.05, 0.1) is 42.7 Å². The molecule has 3 aliphatic heterocycles. The number of ether oxygens (including phenoxy) is 5. The lowest BCUT2D eigenvalue weighted by atomic mass is 9.91. The SMILES string of the molecule is CCC(C)(CCC(=O)NCCS)OCCC(C)(CC)N(C)c1cc(COC2=C(OC)CC3C(=O)Nc4ccccc4CC4CC4=NC3=C2)cc(COc2cc3c(cc2OC)C(=O)N2c4ccccc4CC2CC=N3)c1. The first-order valence-electron chi connectivity index (χ1n) is 26.5. The van der Waals surface area contributed by atoms with Gasteiger partial charge in [-0.15, -0.1) is 0 Å². The summed E-state index contributed by atoms with van der Waals surface area (Å²) in [6, 6.07) is 26.0. The minimum absolute atomic E-state index is 0.00862. The summed E-state index contributed by atoms with van der Waals surface area (Å²) in [7, 11) is 5.30. The van der Waals surface area contributed by atoms with Crippen molar-refractivity contribution in [3.63, 3.8) is 0 Å². The number of benzene rings is 4. The fourth-order valence-corrected chi connectivity index (χ4v) is 10.7. The third-order valence-corrected chi connectivity index (χ3v) is 16.2. The molecule has 4 aromatic carbocycles. The lowest BCUT2D eigenvalue weighted by Gasteiger charge is -2.41. The number of hydrogen-bond acceptors (Lipinski definition) is 12. The van der Waals surface area contributed by atoms with E-state index in [1.54, 1.807) is 26.4 Å². The van der Waals surface area contributed by atoms with Crippen LogP contribution in [0.4, 0.5) is 22.7 Å². The van der Waals surface area contributed by atoms with E-state index >= 15 is 0 Å². The number of para-hydroxylation sites is 2. The molecule has 15 heteroatoms. The number of nitrogens with one attached hydrogen (secondary N) is 2. The van der Waals surface area contributed by atoms with Gasteiger partial charge in [0.25, 0.3) is 5.91 Å². The first kappa shape index (κ1) is 53.3. The Morgan fingerprint density at radius 2 is 1.64 bits per heavy atom. The molecule has 5 atom stereocenters. The Morgan fingerprint density at radius 1 is 0.880 bits per heavy atom. The van der Waals surface area contributed by atoms with Gasteiger partial charge in [0.1, 0.15) is 19.0 Å². The summed E-state index contributed by atoms with van der Waals surface area (Å²) < 4.78 is 31.9. The zero-order valence-electron chi connectivity index (χ0n) is 44.5. The largest absolute Gasteiger partial charge is 0.497 e. The Balaban J connectivity index is 0.984. The van der Waals surface area contributed by atoms with Crippen molar-refractivity contribution in [2.75, 3.05) is 55.3 Å². The molecule has 75 heavy (non-hydrogen) atoms. The maximum absolute atomic E-state index is 14.3. The summed E-state index contributed by atoms with van der Waals surface area (Å²) in [4.78, 5) is 54.9. The molecule has 1 saturated carbocycles. The second kappa shape index (κ2) is 23.1. The van der Waals surface area contributed by atoms with E-state index in [1.165, 1.54) is 0 Å². The third-order valence-electron chi connectivity index (χ3n) is 16.0. The average Bonchev–Trinajstić information content (AvgIpc) is 4.05. The molecule has 0 aromatic heterocycles. The van der Waals surface area contributed by atoms with Gasteiger partial charge in [0.2, 0.25) is 11.8 Å². The van der Waals surface area contributed by atoms with Crippen molar-refractivity contribution in [2.45, 2.75) is 122 Å². The van der Waals surface area contributed by atoms with Crippen LogP contribution in [0.1, 0.15) is 112 Å². The highest BCUT2D eigenvalue weighted by Gasteiger charge is 2.39. The summed E-state index contributed by atoms with van der Waals surface area (Å²) in [5, 5.41) is 6.11. The molecule has 0 spiro atoms. The van der Waals surface area contributed by atoms with Gasteiger partial charge in [0, 0.05) is 104 Å². The van der Waals surface area contributed by atoms with Crippen LogP contribution >= 0.6 is 12.6 Å². The summed E-state index contributed by atoms with van der Waals surface area (Å²) in [5.74, 6) is 2.13. The number of amides is 3. The number of carbonyl (C=O) groups excluding carboxylic acids is 3. The predicted octanol–water partition coefficient (Wildman–Crippen LogP) is 10.9. The molecule has 3 amide bonds. The highest BCUT2D eigenvalue weighted by atomic mass is 32.1. The maximum atomic E-state index is 14.3. The van der Waals surface area contributed by atoms with Crippen molar-refractivity contribution >= 4 is 65.0 Å². The van der Waals surface area contributed by atoms with Gasteiger partial charge in [-0.05, 0) is 117 Å². The number of nitrogens with zero attached hydrogens (tertiary/aromatic N) is 4. The minimum atomic E-state index is -0.548. The van der Waals surface area contributed by atoms with Crippen molar-refractivity contribution in [2.24, 2.45) is 21.8 Å². The number of anilines is 3. The lowest BCUT2D eigenvalue weighted by Crippen LogP contribution is -2.45. The van der Waals surface area contributed by atoms with Crippen LogP contribution in [0.2, 0.25) is 0 Å². The van der Waals surface area contributed by atoms with Crippen LogP contribution < -0.4 is 29.9 Å². The van der Waals surface area contributed by atoms with Crippen LogP contribution in [0.15, 0.2) is 112 Å². The van der Waals surface area contributed by atoms with Crippen molar-refractivity contribution in [3.05, 3.63) is 130 Å². The molecule has 4 aromatic rings. The molecule has 0 saturated heterocycles. The monoisotopic (exact) mass is 1040 g/mol. The third kappa shape index (κ3) is 11.9. The molecule has 2 N–H and O–H groups in total. The highest BCUT2D eigenvalue weighted by molar-refractivity contribution is 7.80. The van der Waals surface area contributed by atoms with Gasteiger partial charge in [0.15, 0.2) is 17.3 Å². The second-order valence-electron chi connectivity index (χ2n) is 20.9. The van der Waals surface area contributed by atoms with E-state index in [4.69, 9.17) is 33.7 Å². The summed E-state index contributed by atoms with van der Waals surface area (Å²) >= 11 is 4.22. The molecule has 9 rings (SSSR count). The van der Waals surface area contributed by atoms with Crippen LogP contribution in [-0.4, -0.2) is 87.0 Å². The van der Waals surface area contributed by atoms with Crippen molar-refractivity contribution < 1.29 is 38.1 Å². The number of methoxy groups -OCH3 is 2. The van der Waals surface area contributed by atoms with Crippen molar-refractivity contribution in [3.8, 4) is 11.5 Å². The number of hydrogen-bond donors (Lipinski definition) is 3. The summed E-state index contributed by atoms with van der Waals surface area (Å²) in [6.45, 7) is 10.0. The maximum Gasteiger partial charge on any atom is 0.260 e. The molecule has 14 nitrogen and oxygen atoms in total. The zero-order valence-corrected chi connectivity index (χ0v) is 45.4. The van der Waals surface area contributed by atoms with Gasteiger partial charge < -0.3 is 44.1 Å². The second-order valence-corrected chi connectivity index (χ2v) is 21.3. The molecule has 2 aliphatic carbocycles. The minimum Gasteiger partial charge on any atom is -0.497 e. The van der Waals surface area contributed by atoms with E-state index in [2.05, 4.69) is 93.2 Å². The van der Waals surface area contributed by atoms with E-state index in [9.17, 15) is 14.4 Å². The van der Waals surface area contributed by atoms with E-state index in [1.807, 2.05) is 53.6 Å². The number of allylic oxidation sites excluding steroid dienone is 2. The smallest absolute Gasteiger partial charge is 0.260 e. The van der Waals surface area contributed by atoms with Crippen LogP contribution in [0.25, 0.3) is 0 Å². The Bertz CT molecular complexity index is 2930. The van der Waals surface area contributed by atoms with Gasteiger partial charge in [-0.25, -0.2) is 0 Å². The molecule has 0 radical (unpaired) electrons. The van der Waals surface area contributed by atoms with E-state index in [0.717, 1.165) is 83.6 Å². The Hall–Kier alpha value is -6.58. The average molecular weight is 1040 g/mol. The molecule has 0 bridgehead atoms. The fourth-order valence-electron chi connectivity index (χ4n) is 10.6. The summed E-state index contributed by atoms with van der Waals surface area (Å²) in [5.41, 5.74) is 8.70. The molecule has 3 heterocycles. The van der Waals surface area contributed by atoms with Gasteiger partial charge in [-0.2, -0.15) is 12.6 Å². The standard InChI is InChI=1S/C60H72N6O8S/c1-8-59(3,21-24-74-60(4,9-2)20-18-56(67)62-23-25-75)65(5)44-27-38(36-72-54-34-49-46(33-53(54)71-7)58(69)66-43(19-22-61-49)30-41-15-11-13-17-51(41)66)26-39(28-44)37-73-55-35-50-45(32-52(55)70-6)57(68)64-47-16-12-10-14-40(47)29-42-31-48(42)63-50/h10-17,22,26-28,33-35,42-43,45,75H,8-9,18-21,23-25,29-32,36-37H2,1-7H3,(H,62,67)(H,64,68). The topological polar surface area (TPSA) is 153 Å². The highest BCUT2D eigenvalue weighted by Crippen LogP contribution is 2.43. The van der Waals surface area contributed by atoms with E-state index in [0.29, 0.717) is 90.5 Å². The summed E-state index contributed by atoms with van der Waals surface area (Å²) in [6.07, 6.45) is 10.5. The lowest BCUT2D eigenvalue weighted by molar-refractivity contribution is -0.123. The van der Waals surface area contributed by atoms with Crippen molar-refractivity contribution in [1.82, 2.24) is 5.32 Å². The molecule has 396 valence electrons. The Labute approximate surface area is 447 Å². The van der Waals surface area contributed by atoms with Crippen LogP contribution in [0.5, 0.6) is 11.5 Å². The number of fused-ring (bicyclic) bond motifs is 7. The molecular weight excluding hydrogens is 965 g/mol. The van der Waals surface area contributed by atoms with Crippen LogP contribution in [0.3, 0.4) is 0 Å². The molecule has 1 fully saturated rings. The normalized spacial score (nSPS) is 20.1. The number of carbonyl (C=O) groups is 3. The number of rotatable bonds is 21. The Morgan fingerprint density at radius 3 is 2.39 bits per heavy atom. The van der Waals surface area contributed by atoms with Gasteiger partial charge >= 0.3 is 0 Å². The van der Waals surface area contributed by atoms with Crippen LogP contribution in [-0.2, 0) is 49.9 Å². The number of aliphatic imine (C=N–C) groups is 2. The molecule has 5 unspecified atom stereocenters. The molecular formula is C60H72N6O8S. The first-order chi connectivity index (χ1) is 36.2. The number of thiol groups is 1. The Kier molecular flexibility index (Phi) is 16.4. The first-order valence-corrected chi connectivity index (χ1v) is 27.1. The van der Waals surface area contributed by atoms with Crippen LogP contribution in [0, 0.1) is 11.8 Å².